The van der Waals surface area contributed by atoms with Crippen molar-refractivity contribution in [2.45, 2.75) is 27.2 Å². The molecule has 1 unspecified atom stereocenters. The Kier molecular flexibility index (Phi) is 4.17. The van der Waals surface area contributed by atoms with E-state index in [1.807, 2.05) is 13.8 Å². The van der Waals surface area contributed by atoms with Crippen LogP contribution in [0, 0.1) is 5.92 Å². The van der Waals surface area contributed by atoms with E-state index in [1.54, 1.807) is 0 Å². The third kappa shape index (κ3) is 2.42. The molecule has 0 aromatic carbocycles. The molecular weight excluding hydrogens is 122 g/mol. The Balaban J connectivity index is 0.000000371. The highest BCUT2D eigenvalue weighted by molar-refractivity contribution is 4.99. The molecule has 1 saturated heterocycles. The van der Waals surface area contributed by atoms with Crippen molar-refractivity contribution in [3.63, 3.8) is 0 Å². The lowest BCUT2D eigenvalue weighted by molar-refractivity contribution is 0.447. The molecule has 0 amide bonds. The summed E-state index contributed by atoms with van der Waals surface area (Å²) >= 11 is 0. The molecule has 0 N–H and O–H groups in total. The molecule has 1 aliphatic rings. The Labute approximate surface area is 64.7 Å². The van der Waals surface area contributed by atoms with Crippen molar-refractivity contribution >= 4 is 0 Å². The zero-order valence-corrected chi connectivity index (χ0v) is 7.65. The minimum atomic E-state index is 0.826. The van der Waals surface area contributed by atoms with E-state index in [-0.39, 0.29) is 0 Å². The fourth-order valence-electron chi connectivity index (χ4n) is 1.22. The number of hydrogen-bond donors (Lipinski definition) is 0. The first-order valence-corrected chi connectivity index (χ1v) is 4.09. The molecular formula is C9H19N. The smallest absolute Gasteiger partial charge is 0.0200 e. The van der Waals surface area contributed by atoms with Gasteiger partial charge < -0.3 is 4.90 Å². The molecule has 1 atom stereocenters. The van der Waals surface area contributed by atoms with E-state index in [1.165, 1.54) is 18.7 Å². The molecule has 0 aromatic rings. The average Bonchev–Trinajstić information content (AvgIpc) is 2.16. The van der Waals surface area contributed by atoms with Crippen LogP contribution in [0.15, 0.2) is 12.3 Å². The van der Waals surface area contributed by atoms with Gasteiger partial charge in [0.05, 0.1) is 0 Å². The van der Waals surface area contributed by atoms with Gasteiger partial charge in [0.1, 0.15) is 0 Å². The highest BCUT2D eigenvalue weighted by atomic mass is 15.1. The largest absolute Gasteiger partial charge is 0.378 e. The number of allylic oxidation sites excluding steroid dienone is 1. The van der Waals surface area contributed by atoms with Gasteiger partial charge in [0.15, 0.2) is 0 Å². The summed E-state index contributed by atoms with van der Waals surface area (Å²) in [4.78, 5) is 2.23. The van der Waals surface area contributed by atoms with Gasteiger partial charge in [-0.2, -0.15) is 0 Å². The molecule has 1 heterocycles. The van der Waals surface area contributed by atoms with Gasteiger partial charge in [-0.3, -0.25) is 0 Å². The standard InChI is InChI=1S/C7H13N.C2H6/c1-6-4-7(2)8(3)5-6;1-2/h6H,2,4-5H2,1,3H3;1-2H3. The zero-order valence-electron chi connectivity index (χ0n) is 7.65. The third-order valence-electron chi connectivity index (χ3n) is 1.71. The van der Waals surface area contributed by atoms with Crippen LogP contribution in [0.2, 0.25) is 0 Å². The minimum Gasteiger partial charge on any atom is -0.378 e. The second-order valence-corrected chi connectivity index (χ2v) is 2.76. The molecule has 0 aromatic heterocycles. The van der Waals surface area contributed by atoms with E-state index in [0.29, 0.717) is 0 Å². The molecule has 0 bridgehead atoms. The maximum absolute atomic E-state index is 3.91. The first-order chi connectivity index (χ1) is 4.70. The summed E-state index contributed by atoms with van der Waals surface area (Å²) < 4.78 is 0. The van der Waals surface area contributed by atoms with Gasteiger partial charge in [0.2, 0.25) is 0 Å². The van der Waals surface area contributed by atoms with Crippen LogP contribution in [-0.4, -0.2) is 18.5 Å². The lowest BCUT2D eigenvalue weighted by Gasteiger charge is -2.09. The zero-order chi connectivity index (χ0) is 8.15. The quantitative estimate of drug-likeness (QED) is 0.501. The van der Waals surface area contributed by atoms with Gasteiger partial charge in [-0.1, -0.05) is 27.4 Å². The summed E-state index contributed by atoms with van der Waals surface area (Å²) in [6.07, 6.45) is 1.19. The topological polar surface area (TPSA) is 3.24 Å². The Hall–Kier alpha value is -0.460. The monoisotopic (exact) mass is 141 g/mol. The van der Waals surface area contributed by atoms with Gasteiger partial charge in [0.25, 0.3) is 0 Å². The summed E-state index contributed by atoms with van der Waals surface area (Å²) in [5.41, 5.74) is 1.29. The van der Waals surface area contributed by atoms with E-state index in [0.717, 1.165) is 5.92 Å². The van der Waals surface area contributed by atoms with E-state index >= 15 is 0 Å². The van der Waals surface area contributed by atoms with Crippen molar-refractivity contribution in [3.05, 3.63) is 12.3 Å². The van der Waals surface area contributed by atoms with Gasteiger partial charge in [-0.15, -0.1) is 0 Å². The molecule has 1 nitrogen and oxygen atoms in total. The fourth-order valence-corrected chi connectivity index (χ4v) is 1.22. The highest BCUT2D eigenvalue weighted by Gasteiger charge is 2.16. The van der Waals surface area contributed by atoms with Crippen LogP contribution in [0.3, 0.4) is 0 Å². The average molecular weight is 141 g/mol. The van der Waals surface area contributed by atoms with E-state index < -0.39 is 0 Å². The number of hydrogen-bond acceptors (Lipinski definition) is 1. The van der Waals surface area contributed by atoms with Crippen molar-refractivity contribution in [3.8, 4) is 0 Å². The molecule has 1 fully saturated rings. The number of likely N-dealkylation sites (tertiary alicyclic amines) is 1. The Bertz CT molecular complexity index is 107. The van der Waals surface area contributed by atoms with Crippen LogP contribution in [0.5, 0.6) is 0 Å². The molecule has 0 radical (unpaired) electrons. The summed E-state index contributed by atoms with van der Waals surface area (Å²) in [6, 6.07) is 0. The Morgan fingerprint density at radius 1 is 1.50 bits per heavy atom. The van der Waals surface area contributed by atoms with Gasteiger partial charge >= 0.3 is 0 Å². The first-order valence-electron chi connectivity index (χ1n) is 4.09. The molecule has 0 aliphatic carbocycles. The van der Waals surface area contributed by atoms with E-state index in [9.17, 15) is 0 Å². The lowest BCUT2D eigenvalue weighted by Crippen LogP contribution is -2.10. The number of nitrogens with zero attached hydrogens (tertiary/aromatic N) is 1. The molecule has 0 spiro atoms. The summed E-state index contributed by atoms with van der Waals surface area (Å²) in [7, 11) is 2.10. The summed E-state index contributed by atoms with van der Waals surface area (Å²) in [6.45, 7) is 11.4. The van der Waals surface area contributed by atoms with Gasteiger partial charge in [-0.25, -0.2) is 0 Å². The van der Waals surface area contributed by atoms with Crippen LogP contribution in [0.25, 0.3) is 0 Å². The van der Waals surface area contributed by atoms with E-state index in [4.69, 9.17) is 0 Å². The fraction of sp³-hybridized carbons (Fsp3) is 0.778. The molecule has 60 valence electrons. The van der Waals surface area contributed by atoms with Crippen molar-refractivity contribution in [2.75, 3.05) is 13.6 Å². The van der Waals surface area contributed by atoms with Crippen molar-refractivity contribution in [1.82, 2.24) is 4.90 Å². The SMILES string of the molecule is C=C1CC(C)CN1C.CC. The Morgan fingerprint density at radius 2 is 2.00 bits per heavy atom. The maximum Gasteiger partial charge on any atom is 0.0200 e. The van der Waals surface area contributed by atoms with Crippen LogP contribution < -0.4 is 0 Å². The van der Waals surface area contributed by atoms with E-state index in [2.05, 4.69) is 25.5 Å². The van der Waals surface area contributed by atoms with Gasteiger partial charge in [-0.05, 0) is 12.3 Å². The maximum atomic E-state index is 3.91. The van der Waals surface area contributed by atoms with Crippen molar-refractivity contribution in [1.29, 1.82) is 0 Å². The second kappa shape index (κ2) is 4.37. The Morgan fingerprint density at radius 3 is 2.10 bits per heavy atom. The highest BCUT2D eigenvalue weighted by Crippen LogP contribution is 2.21. The first kappa shape index (κ1) is 9.54. The summed E-state index contributed by atoms with van der Waals surface area (Å²) in [5.74, 6) is 0.826. The number of rotatable bonds is 0. The van der Waals surface area contributed by atoms with Crippen molar-refractivity contribution < 1.29 is 0 Å². The normalized spacial score (nSPS) is 24.2. The van der Waals surface area contributed by atoms with Crippen LogP contribution in [0.1, 0.15) is 27.2 Å². The molecule has 1 aliphatic heterocycles. The second-order valence-electron chi connectivity index (χ2n) is 2.76. The lowest BCUT2D eigenvalue weighted by atomic mass is 10.1. The van der Waals surface area contributed by atoms with Crippen LogP contribution in [0.4, 0.5) is 0 Å². The predicted molar refractivity (Wildman–Crippen MR) is 46.9 cm³/mol. The van der Waals surface area contributed by atoms with Crippen LogP contribution in [-0.2, 0) is 0 Å². The van der Waals surface area contributed by atoms with Crippen molar-refractivity contribution in [2.24, 2.45) is 5.92 Å². The summed E-state index contributed by atoms with van der Waals surface area (Å²) in [5, 5.41) is 0. The van der Waals surface area contributed by atoms with Gasteiger partial charge in [0, 0.05) is 19.3 Å². The molecule has 1 heteroatoms. The third-order valence-corrected chi connectivity index (χ3v) is 1.71. The molecule has 1 rings (SSSR count). The molecule has 10 heavy (non-hydrogen) atoms. The minimum absolute atomic E-state index is 0.826. The van der Waals surface area contributed by atoms with Crippen LogP contribution >= 0.6 is 0 Å². The molecule has 0 saturated carbocycles. The predicted octanol–water partition coefficient (Wildman–Crippen LogP) is 2.50.